The third kappa shape index (κ3) is 5.94. The van der Waals surface area contributed by atoms with Gasteiger partial charge in [0, 0.05) is 10.9 Å². The van der Waals surface area contributed by atoms with Crippen LogP contribution >= 0.6 is 11.6 Å². The van der Waals surface area contributed by atoms with Crippen LogP contribution in [0.5, 0.6) is 5.75 Å². The SMILES string of the molecule is C[C@H]1CCC[NH+](CC(=O)NCCOc2ccc(Cl)cc2)C1. The molecule has 5 heteroatoms. The average Bonchev–Trinajstić information content (AvgIpc) is 2.45. The summed E-state index contributed by atoms with van der Waals surface area (Å²) in [6, 6.07) is 7.22. The summed E-state index contributed by atoms with van der Waals surface area (Å²) in [6.07, 6.45) is 2.52. The maximum Gasteiger partial charge on any atom is 0.275 e. The fourth-order valence-electron chi connectivity index (χ4n) is 2.74. The lowest BCUT2D eigenvalue weighted by molar-refractivity contribution is -0.900. The van der Waals surface area contributed by atoms with E-state index in [0.717, 1.165) is 24.8 Å². The van der Waals surface area contributed by atoms with Gasteiger partial charge in [-0.25, -0.2) is 0 Å². The molecule has 0 aromatic heterocycles. The van der Waals surface area contributed by atoms with Crippen molar-refractivity contribution in [1.29, 1.82) is 0 Å². The second kappa shape index (κ2) is 8.25. The van der Waals surface area contributed by atoms with Crippen LogP contribution in [0.15, 0.2) is 24.3 Å². The van der Waals surface area contributed by atoms with Gasteiger partial charge in [-0.2, -0.15) is 0 Å². The van der Waals surface area contributed by atoms with Gasteiger partial charge in [-0.15, -0.1) is 0 Å². The number of rotatable bonds is 6. The largest absolute Gasteiger partial charge is 0.492 e. The summed E-state index contributed by atoms with van der Waals surface area (Å²) < 4.78 is 5.54. The van der Waals surface area contributed by atoms with Gasteiger partial charge in [0.25, 0.3) is 5.91 Å². The number of quaternary nitrogens is 1. The molecule has 21 heavy (non-hydrogen) atoms. The summed E-state index contributed by atoms with van der Waals surface area (Å²) in [7, 11) is 0. The van der Waals surface area contributed by atoms with Crippen LogP contribution < -0.4 is 15.0 Å². The van der Waals surface area contributed by atoms with E-state index in [0.29, 0.717) is 24.7 Å². The van der Waals surface area contributed by atoms with Crippen LogP contribution in [0.25, 0.3) is 0 Å². The van der Waals surface area contributed by atoms with Crippen molar-refractivity contribution in [2.75, 3.05) is 32.8 Å². The first-order chi connectivity index (χ1) is 10.1. The third-order valence-electron chi connectivity index (χ3n) is 3.78. The van der Waals surface area contributed by atoms with Gasteiger partial charge in [-0.3, -0.25) is 4.79 Å². The fraction of sp³-hybridized carbons (Fsp3) is 0.562. The number of ether oxygens (including phenoxy) is 1. The zero-order valence-corrected chi connectivity index (χ0v) is 13.3. The molecule has 116 valence electrons. The number of carbonyl (C=O) groups is 1. The van der Waals surface area contributed by atoms with E-state index in [9.17, 15) is 4.79 Å². The first-order valence-corrected chi connectivity index (χ1v) is 8.00. The standard InChI is InChI=1S/C16H23ClN2O2/c1-13-3-2-9-19(11-13)12-16(20)18-8-10-21-15-6-4-14(17)5-7-15/h4-7,13H,2-3,8-12H2,1H3,(H,18,20)/p+1/t13-/m0/s1. The van der Waals surface area contributed by atoms with Crippen LogP contribution in [0.2, 0.25) is 5.02 Å². The van der Waals surface area contributed by atoms with Gasteiger partial charge in [0.05, 0.1) is 19.6 Å². The van der Waals surface area contributed by atoms with Crippen LogP contribution in [0, 0.1) is 5.92 Å². The fourth-order valence-corrected chi connectivity index (χ4v) is 2.86. The number of hydrogen-bond donors (Lipinski definition) is 2. The molecular weight excluding hydrogens is 288 g/mol. The van der Waals surface area contributed by atoms with Crippen LogP contribution in [-0.2, 0) is 4.79 Å². The molecule has 0 spiro atoms. The Morgan fingerprint density at radius 1 is 1.43 bits per heavy atom. The molecule has 1 amide bonds. The van der Waals surface area contributed by atoms with Crippen LogP contribution in [0.1, 0.15) is 19.8 Å². The molecule has 4 nitrogen and oxygen atoms in total. The summed E-state index contributed by atoms with van der Waals surface area (Å²) in [5.41, 5.74) is 0. The summed E-state index contributed by atoms with van der Waals surface area (Å²) in [6.45, 7) is 6.05. The van der Waals surface area contributed by atoms with Gasteiger partial charge in [0.1, 0.15) is 12.4 Å². The summed E-state index contributed by atoms with van der Waals surface area (Å²) in [5.74, 6) is 1.61. The highest BCUT2D eigenvalue weighted by Crippen LogP contribution is 2.15. The smallest absolute Gasteiger partial charge is 0.275 e. The predicted molar refractivity (Wildman–Crippen MR) is 83.9 cm³/mol. The van der Waals surface area contributed by atoms with E-state index in [1.54, 1.807) is 12.1 Å². The molecule has 1 unspecified atom stereocenters. The van der Waals surface area contributed by atoms with Crippen molar-refractivity contribution < 1.29 is 14.4 Å². The Morgan fingerprint density at radius 3 is 2.90 bits per heavy atom. The molecule has 2 N–H and O–H groups in total. The van der Waals surface area contributed by atoms with Crippen molar-refractivity contribution in [1.82, 2.24) is 5.32 Å². The van der Waals surface area contributed by atoms with Crippen LogP contribution in [-0.4, -0.2) is 38.7 Å². The Kier molecular flexibility index (Phi) is 6.33. The average molecular weight is 312 g/mol. The monoisotopic (exact) mass is 311 g/mol. The summed E-state index contributed by atoms with van der Waals surface area (Å²) in [5, 5.41) is 3.60. The Bertz CT molecular complexity index is 450. The zero-order valence-electron chi connectivity index (χ0n) is 12.5. The van der Waals surface area contributed by atoms with Crippen molar-refractivity contribution in [2.45, 2.75) is 19.8 Å². The number of carbonyl (C=O) groups excluding carboxylic acids is 1. The van der Waals surface area contributed by atoms with E-state index < -0.39 is 0 Å². The second-order valence-corrected chi connectivity index (χ2v) is 6.22. The van der Waals surface area contributed by atoms with Crippen LogP contribution in [0.3, 0.4) is 0 Å². The highest BCUT2D eigenvalue weighted by molar-refractivity contribution is 6.30. The van der Waals surface area contributed by atoms with Gasteiger partial charge in [0.15, 0.2) is 6.54 Å². The normalized spacial score (nSPS) is 21.8. The molecule has 2 atom stereocenters. The van der Waals surface area contributed by atoms with E-state index in [1.807, 2.05) is 12.1 Å². The van der Waals surface area contributed by atoms with E-state index >= 15 is 0 Å². The summed E-state index contributed by atoms with van der Waals surface area (Å²) >= 11 is 5.80. The Morgan fingerprint density at radius 2 is 2.19 bits per heavy atom. The minimum absolute atomic E-state index is 0.110. The lowest BCUT2D eigenvalue weighted by Gasteiger charge is -2.27. The quantitative estimate of drug-likeness (QED) is 0.774. The highest BCUT2D eigenvalue weighted by Gasteiger charge is 2.21. The van der Waals surface area contributed by atoms with Gasteiger partial charge < -0.3 is 15.0 Å². The Hall–Kier alpha value is -1.26. The van der Waals surface area contributed by atoms with Crippen molar-refractivity contribution in [3.8, 4) is 5.75 Å². The topological polar surface area (TPSA) is 42.8 Å². The molecule has 1 fully saturated rings. The molecule has 0 saturated carbocycles. The maximum absolute atomic E-state index is 11.9. The number of nitrogens with one attached hydrogen (secondary N) is 2. The molecule has 1 heterocycles. The zero-order chi connectivity index (χ0) is 15.1. The Labute approximate surface area is 131 Å². The molecule has 1 aliphatic rings. The molecule has 1 aromatic rings. The predicted octanol–water partition coefficient (Wildman–Crippen LogP) is 1.15. The lowest BCUT2D eigenvalue weighted by atomic mass is 10.0. The van der Waals surface area contributed by atoms with E-state index in [2.05, 4.69) is 12.2 Å². The van der Waals surface area contributed by atoms with Gasteiger partial charge in [-0.1, -0.05) is 18.5 Å². The minimum atomic E-state index is 0.110. The van der Waals surface area contributed by atoms with E-state index in [4.69, 9.17) is 16.3 Å². The molecule has 0 radical (unpaired) electrons. The van der Waals surface area contributed by atoms with Crippen molar-refractivity contribution in [2.24, 2.45) is 5.92 Å². The number of amides is 1. The first kappa shape index (κ1) is 16.1. The van der Waals surface area contributed by atoms with Crippen molar-refractivity contribution >= 4 is 17.5 Å². The third-order valence-corrected chi connectivity index (χ3v) is 4.03. The molecule has 1 saturated heterocycles. The number of likely N-dealkylation sites (tertiary alicyclic amines) is 1. The molecule has 1 aromatic carbocycles. The van der Waals surface area contributed by atoms with Crippen LogP contribution in [0.4, 0.5) is 0 Å². The molecule has 0 aliphatic carbocycles. The highest BCUT2D eigenvalue weighted by atomic mass is 35.5. The van der Waals surface area contributed by atoms with Crippen molar-refractivity contribution in [3.05, 3.63) is 29.3 Å². The molecule has 2 rings (SSSR count). The molecule has 0 bridgehead atoms. The second-order valence-electron chi connectivity index (χ2n) is 5.78. The first-order valence-electron chi connectivity index (χ1n) is 7.62. The number of piperidine rings is 1. The Balaban J connectivity index is 1.59. The maximum atomic E-state index is 11.9. The number of hydrogen-bond acceptors (Lipinski definition) is 2. The van der Waals surface area contributed by atoms with Gasteiger partial charge >= 0.3 is 0 Å². The lowest BCUT2D eigenvalue weighted by Crippen LogP contribution is -3.14. The molecule has 1 aliphatic heterocycles. The summed E-state index contributed by atoms with van der Waals surface area (Å²) in [4.78, 5) is 13.3. The number of benzene rings is 1. The minimum Gasteiger partial charge on any atom is -0.492 e. The van der Waals surface area contributed by atoms with E-state index in [-0.39, 0.29) is 5.91 Å². The molecular formula is C16H24ClN2O2+. The van der Waals surface area contributed by atoms with E-state index in [1.165, 1.54) is 17.7 Å². The number of halogens is 1. The van der Waals surface area contributed by atoms with Gasteiger partial charge in [0.2, 0.25) is 0 Å². The van der Waals surface area contributed by atoms with Gasteiger partial charge in [-0.05, 0) is 37.1 Å². The van der Waals surface area contributed by atoms with Crippen molar-refractivity contribution in [3.63, 3.8) is 0 Å².